The van der Waals surface area contributed by atoms with Gasteiger partial charge in [0.05, 0.1) is 17.7 Å². The van der Waals surface area contributed by atoms with Crippen LogP contribution >= 0.6 is 23.2 Å². The summed E-state index contributed by atoms with van der Waals surface area (Å²) in [6, 6.07) is 9.52. The van der Waals surface area contributed by atoms with Gasteiger partial charge in [0.25, 0.3) is 0 Å². The zero-order valence-electron chi connectivity index (χ0n) is 14.9. The van der Waals surface area contributed by atoms with Crippen LogP contribution in [0.4, 0.5) is 5.69 Å². The van der Waals surface area contributed by atoms with E-state index in [1.165, 1.54) is 19.2 Å². The summed E-state index contributed by atoms with van der Waals surface area (Å²) in [7, 11) is 1.39. The number of nitrogens with one attached hydrogen (secondary N) is 1. The lowest BCUT2D eigenvalue weighted by atomic mass is 9.79. The molecule has 0 saturated carbocycles. The van der Waals surface area contributed by atoms with Crippen LogP contribution in [0.25, 0.3) is 0 Å². The summed E-state index contributed by atoms with van der Waals surface area (Å²) in [4.78, 5) is 24.6. The van der Waals surface area contributed by atoms with Gasteiger partial charge in [0.2, 0.25) is 0 Å². The molecule has 7 heteroatoms. The molecule has 0 bridgehead atoms. The van der Waals surface area contributed by atoms with Crippen molar-refractivity contribution in [2.45, 2.75) is 18.4 Å². The Morgan fingerprint density at radius 2 is 1.96 bits per heavy atom. The number of allylic oxidation sites excluding steroid dienone is 2. The number of fused-ring (bicyclic) bond motifs is 3. The van der Waals surface area contributed by atoms with E-state index < -0.39 is 12.0 Å². The number of hydrogen-bond acceptors (Lipinski definition) is 5. The Bertz CT molecular complexity index is 988. The molecule has 3 atom stereocenters. The van der Waals surface area contributed by atoms with Crippen LogP contribution in [0.3, 0.4) is 0 Å². The van der Waals surface area contributed by atoms with E-state index in [0.29, 0.717) is 10.8 Å². The van der Waals surface area contributed by atoms with Gasteiger partial charge in [-0.3, -0.25) is 0 Å². The number of methoxy groups -OCH3 is 1. The minimum Gasteiger partial charge on any atom is -0.467 e. The topological polar surface area (TPSA) is 64.6 Å². The van der Waals surface area contributed by atoms with E-state index in [0.717, 1.165) is 17.7 Å². The second-order valence-corrected chi connectivity index (χ2v) is 7.61. The molecule has 144 valence electrons. The highest BCUT2D eigenvalue weighted by Gasteiger charge is 2.41. The van der Waals surface area contributed by atoms with Gasteiger partial charge in [0.15, 0.2) is 0 Å². The van der Waals surface area contributed by atoms with Gasteiger partial charge in [0, 0.05) is 22.5 Å². The molecule has 4 rings (SSSR count). The molecule has 3 unspecified atom stereocenters. The summed E-state index contributed by atoms with van der Waals surface area (Å²) >= 11 is 12.0. The van der Waals surface area contributed by atoms with Crippen LogP contribution in [0.2, 0.25) is 10.0 Å². The van der Waals surface area contributed by atoms with Gasteiger partial charge in [-0.2, -0.15) is 0 Å². The van der Waals surface area contributed by atoms with Crippen molar-refractivity contribution < 1.29 is 19.1 Å². The quantitative estimate of drug-likeness (QED) is 0.439. The number of hydrogen-bond donors (Lipinski definition) is 1. The monoisotopic (exact) mass is 417 g/mol. The van der Waals surface area contributed by atoms with Crippen molar-refractivity contribution in [2.75, 3.05) is 12.4 Å². The average molecular weight is 418 g/mol. The number of ether oxygens (including phenoxy) is 2. The maximum atomic E-state index is 12.5. The molecule has 0 spiro atoms. The van der Waals surface area contributed by atoms with Crippen LogP contribution in [0.1, 0.15) is 28.3 Å². The normalized spacial score (nSPS) is 22.0. The minimum atomic E-state index is -0.559. The minimum absolute atomic E-state index is 0.0538. The smallest absolute Gasteiger partial charge is 0.345 e. The Hall–Kier alpha value is -2.50. The molecule has 1 N–H and O–H groups in total. The first-order valence-electron chi connectivity index (χ1n) is 8.80. The molecule has 1 aliphatic carbocycles. The molecule has 5 nitrogen and oxygen atoms in total. The molecule has 2 aliphatic rings. The van der Waals surface area contributed by atoms with Gasteiger partial charge in [-0.1, -0.05) is 35.4 Å². The summed E-state index contributed by atoms with van der Waals surface area (Å²) < 4.78 is 10.5. The molecule has 2 aromatic carbocycles. The largest absolute Gasteiger partial charge is 0.467 e. The Morgan fingerprint density at radius 3 is 2.71 bits per heavy atom. The van der Waals surface area contributed by atoms with Crippen molar-refractivity contribution in [3.05, 3.63) is 69.7 Å². The Labute approximate surface area is 172 Å². The second-order valence-electron chi connectivity index (χ2n) is 6.76. The van der Waals surface area contributed by atoms with Crippen molar-refractivity contribution >= 4 is 40.8 Å². The van der Waals surface area contributed by atoms with Crippen molar-refractivity contribution in [1.82, 2.24) is 0 Å². The Morgan fingerprint density at radius 1 is 1.14 bits per heavy atom. The number of anilines is 1. The van der Waals surface area contributed by atoms with Crippen LogP contribution in [0, 0.1) is 5.92 Å². The molecular weight excluding hydrogens is 401 g/mol. The van der Waals surface area contributed by atoms with E-state index in [2.05, 4.69) is 17.5 Å². The van der Waals surface area contributed by atoms with Gasteiger partial charge < -0.3 is 14.8 Å². The summed E-state index contributed by atoms with van der Waals surface area (Å²) in [5.74, 6) is -0.310. The van der Waals surface area contributed by atoms with Crippen molar-refractivity contribution in [3.8, 4) is 5.75 Å². The first-order chi connectivity index (χ1) is 13.5. The van der Waals surface area contributed by atoms with Crippen molar-refractivity contribution in [3.63, 3.8) is 0 Å². The predicted octanol–water partition coefficient (Wildman–Crippen LogP) is 4.84. The molecule has 0 fully saturated rings. The summed E-state index contributed by atoms with van der Waals surface area (Å²) in [5, 5.41) is 3.93. The fraction of sp³-hybridized carbons (Fsp3) is 0.238. The summed E-state index contributed by atoms with van der Waals surface area (Å²) in [5.41, 5.74) is 2.05. The van der Waals surface area contributed by atoms with E-state index in [1.807, 2.05) is 6.07 Å². The van der Waals surface area contributed by atoms with E-state index in [4.69, 9.17) is 32.7 Å². The Balaban J connectivity index is 1.61. The van der Waals surface area contributed by atoms with E-state index in [1.54, 1.807) is 18.2 Å². The average Bonchev–Trinajstić information content (AvgIpc) is 3.17. The lowest BCUT2D eigenvalue weighted by Crippen LogP contribution is -2.42. The molecule has 2 aromatic rings. The highest BCUT2D eigenvalue weighted by molar-refractivity contribution is 6.36. The highest BCUT2D eigenvalue weighted by Crippen LogP contribution is 2.45. The number of esters is 2. The second kappa shape index (κ2) is 7.49. The molecule has 28 heavy (non-hydrogen) atoms. The van der Waals surface area contributed by atoms with E-state index in [9.17, 15) is 9.59 Å². The third kappa shape index (κ3) is 3.36. The third-order valence-electron chi connectivity index (χ3n) is 5.15. The number of rotatable bonds is 3. The van der Waals surface area contributed by atoms with Gasteiger partial charge >= 0.3 is 11.9 Å². The standard InChI is InChI=1S/C21H17Cl2NO4/c1-27-21(26)19-14-4-2-3-13(14)16-10-12(6-8-18(16)24-19)28-20(25)15-7-5-11(22)9-17(15)23/h2-3,5-10,13-14,19,24H,4H2,1H3. The molecule has 0 aromatic heterocycles. The zero-order chi connectivity index (χ0) is 19.8. The summed E-state index contributed by atoms with van der Waals surface area (Å²) in [6.45, 7) is 0. The van der Waals surface area contributed by atoms with Gasteiger partial charge in [-0.15, -0.1) is 0 Å². The van der Waals surface area contributed by atoms with Gasteiger partial charge in [0.1, 0.15) is 11.8 Å². The number of halogens is 2. The maximum absolute atomic E-state index is 12.5. The fourth-order valence-corrected chi connectivity index (χ4v) is 4.30. The summed E-state index contributed by atoms with van der Waals surface area (Å²) in [6.07, 6.45) is 4.93. The van der Waals surface area contributed by atoms with Crippen LogP contribution in [-0.2, 0) is 9.53 Å². The maximum Gasteiger partial charge on any atom is 0.345 e. The van der Waals surface area contributed by atoms with Crippen LogP contribution in [0.5, 0.6) is 5.75 Å². The zero-order valence-corrected chi connectivity index (χ0v) is 16.5. The third-order valence-corrected chi connectivity index (χ3v) is 5.70. The SMILES string of the molecule is COC(=O)C1Nc2ccc(OC(=O)c3ccc(Cl)cc3Cl)cc2C2C=CCC12. The van der Waals surface area contributed by atoms with Gasteiger partial charge in [-0.25, -0.2) is 9.59 Å². The van der Waals surface area contributed by atoms with Crippen LogP contribution in [0.15, 0.2) is 48.6 Å². The predicted molar refractivity (Wildman–Crippen MR) is 107 cm³/mol. The number of carbonyl (C=O) groups excluding carboxylic acids is 2. The van der Waals surface area contributed by atoms with Crippen LogP contribution < -0.4 is 10.1 Å². The van der Waals surface area contributed by atoms with E-state index >= 15 is 0 Å². The first kappa shape index (κ1) is 18.8. The number of carbonyl (C=O) groups is 2. The lowest BCUT2D eigenvalue weighted by molar-refractivity contribution is -0.143. The molecular formula is C21H17Cl2NO4. The van der Waals surface area contributed by atoms with Crippen molar-refractivity contribution in [1.29, 1.82) is 0 Å². The highest BCUT2D eigenvalue weighted by atomic mass is 35.5. The van der Waals surface area contributed by atoms with Gasteiger partial charge in [-0.05, 0) is 48.4 Å². The van der Waals surface area contributed by atoms with Crippen LogP contribution in [-0.4, -0.2) is 25.1 Å². The first-order valence-corrected chi connectivity index (χ1v) is 9.55. The molecule has 0 saturated heterocycles. The molecule has 0 radical (unpaired) electrons. The molecule has 1 heterocycles. The fourth-order valence-electron chi connectivity index (χ4n) is 3.81. The van der Waals surface area contributed by atoms with E-state index in [-0.39, 0.29) is 28.4 Å². The number of benzene rings is 2. The molecule has 0 amide bonds. The van der Waals surface area contributed by atoms with Crippen molar-refractivity contribution in [2.24, 2.45) is 5.92 Å². The Kier molecular flexibility index (Phi) is 5.04. The lowest BCUT2D eigenvalue weighted by Gasteiger charge is -2.35. The molecule has 1 aliphatic heterocycles.